The number of halogens is 1. The van der Waals surface area contributed by atoms with Crippen molar-refractivity contribution in [2.75, 3.05) is 5.32 Å². The molecule has 1 amide bonds. The van der Waals surface area contributed by atoms with Crippen LogP contribution in [0, 0.1) is 0 Å². The van der Waals surface area contributed by atoms with Crippen molar-refractivity contribution < 1.29 is 4.79 Å². The number of amides is 1. The fraction of sp³-hybridized carbons (Fsp3) is 0.250. The van der Waals surface area contributed by atoms with Gasteiger partial charge in [-0.15, -0.1) is 11.6 Å². The van der Waals surface area contributed by atoms with Gasteiger partial charge in [-0.25, -0.2) is 0 Å². The van der Waals surface area contributed by atoms with Crippen molar-refractivity contribution in [3.63, 3.8) is 0 Å². The molecule has 0 aromatic carbocycles. The summed E-state index contributed by atoms with van der Waals surface area (Å²) in [5.74, 6) is -0.206. The Morgan fingerprint density at radius 3 is 2.67 bits per heavy atom. The second-order valence-corrected chi connectivity index (χ2v) is 3.00. The number of aromatic nitrogens is 1. The third-order valence-corrected chi connectivity index (χ3v) is 1.51. The van der Waals surface area contributed by atoms with Crippen LogP contribution in [0.15, 0.2) is 24.5 Å². The molecule has 0 unspecified atom stereocenters. The summed E-state index contributed by atoms with van der Waals surface area (Å²) in [6.07, 6.45) is 3.21. The first-order valence-electron chi connectivity index (χ1n) is 3.55. The Morgan fingerprint density at radius 1 is 1.58 bits per heavy atom. The highest BCUT2D eigenvalue weighted by Gasteiger charge is 2.07. The lowest BCUT2D eigenvalue weighted by atomic mass is 10.3. The van der Waals surface area contributed by atoms with Gasteiger partial charge in [-0.05, 0) is 19.1 Å². The average Bonchev–Trinajstić information content (AvgIpc) is 2.06. The van der Waals surface area contributed by atoms with Crippen LogP contribution < -0.4 is 5.32 Å². The SMILES string of the molecule is C[C@@H](Cl)C(=O)Nc1ccncc1. The number of hydrogen-bond acceptors (Lipinski definition) is 2. The molecule has 1 heterocycles. The molecule has 0 bridgehead atoms. The van der Waals surface area contributed by atoms with E-state index in [2.05, 4.69) is 10.3 Å². The molecule has 0 radical (unpaired) electrons. The Hall–Kier alpha value is -1.09. The Morgan fingerprint density at radius 2 is 2.17 bits per heavy atom. The molecule has 4 heteroatoms. The third kappa shape index (κ3) is 2.51. The van der Waals surface area contributed by atoms with Crippen LogP contribution >= 0.6 is 11.6 Å². The summed E-state index contributed by atoms with van der Waals surface area (Å²) < 4.78 is 0. The molecule has 0 aliphatic rings. The Bertz CT molecular complexity index is 261. The highest BCUT2D eigenvalue weighted by Crippen LogP contribution is 2.05. The van der Waals surface area contributed by atoms with Gasteiger partial charge in [0.25, 0.3) is 0 Å². The summed E-state index contributed by atoms with van der Waals surface area (Å²) in [7, 11) is 0. The summed E-state index contributed by atoms with van der Waals surface area (Å²) in [6, 6.07) is 3.41. The minimum atomic E-state index is -0.516. The molecule has 0 spiro atoms. The second kappa shape index (κ2) is 4.07. The van der Waals surface area contributed by atoms with Crippen molar-refractivity contribution in [2.45, 2.75) is 12.3 Å². The number of anilines is 1. The van der Waals surface area contributed by atoms with Crippen molar-refractivity contribution >= 4 is 23.2 Å². The zero-order chi connectivity index (χ0) is 8.97. The standard InChI is InChI=1S/C8H9ClN2O/c1-6(9)8(12)11-7-2-4-10-5-3-7/h2-6H,1H3,(H,10,11,12)/t6-/m1/s1. The van der Waals surface area contributed by atoms with E-state index < -0.39 is 5.38 Å². The van der Waals surface area contributed by atoms with Crippen LogP contribution in [0.4, 0.5) is 5.69 Å². The summed E-state index contributed by atoms with van der Waals surface area (Å²) in [5, 5.41) is 2.11. The van der Waals surface area contributed by atoms with Crippen LogP contribution in [-0.2, 0) is 4.79 Å². The Balaban J connectivity index is 2.59. The van der Waals surface area contributed by atoms with E-state index in [-0.39, 0.29) is 5.91 Å². The predicted octanol–water partition coefficient (Wildman–Crippen LogP) is 1.65. The molecule has 0 aliphatic heterocycles. The first kappa shape index (κ1) is 9.00. The maximum absolute atomic E-state index is 11.0. The zero-order valence-corrected chi connectivity index (χ0v) is 7.38. The molecule has 3 nitrogen and oxygen atoms in total. The van der Waals surface area contributed by atoms with Crippen LogP contribution in [0.3, 0.4) is 0 Å². The highest BCUT2D eigenvalue weighted by atomic mass is 35.5. The van der Waals surface area contributed by atoms with Gasteiger partial charge in [0, 0.05) is 18.1 Å². The van der Waals surface area contributed by atoms with Gasteiger partial charge in [-0.2, -0.15) is 0 Å². The molecule has 1 N–H and O–H groups in total. The minimum absolute atomic E-state index is 0.206. The summed E-state index contributed by atoms with van der Waals surface area (Å²) in [5.41, 5.74) is 0.711. The molecular weight excluding hydrogens is 176 g/mol. The number of pyridine rings is 1. The second-order valence-electron chi connectivity index (χ2n) is 2.34. The fourth-order valence-corrected chi connectivity index (χ4v) is 0.732. The van der Waals surface area contributed by atoms with Crippen molar-refractivity contribution in [3.8, 4) is 0 Å². The van der Waals surface area contributed by atoms with E-state index in [4.69, 9.17) is 11.6 Å². The van der Waals surface area contributed by atoms with Gasteiger partial charge in [0.15, 0.2) is 0 Å². The lowest BCUT2D eigenvalue weighted by Gasteiger charge is -2.04. The van der Waals surface area contributed by atoms with E-state index in [0.717, 1.165) is 0 Å². The summed E-state index contributed by atoms with van der Waals surface area (Å²) >= 11 is 5.55. The maximum atomic E-state index is 11.0. The average molecular weight is 185 g/mol. The highest BCUT2D eigenvalue weighted by molar-refractivity contribution is 6.32. The molecule has 1 rings (SSSR count). The van der Waals surface area contributed by atoms with E-state index in [1.165, 1.54) is 0 Å². The molecule has 1 aromatic heterocycles. The minimum Gasteiger partial charge on any atom is -0.325 e. The topological polar surface area (TPSA) is 42.0 Å². The molecule has 0 saturated carbocycles. The van der Waals surface area contributed by atoms with Crippen LogP contribution in [0.5, 0.6) is 0 Å². The van der Waals surface area contributed by atoms with Gasteiger partial charge in [-0.3, -0.25) is 9.78 Å². The molecule has 1 aromatic rings. The number of rotatable bonds is 2. The largest absolute Gasteiger partial charge is 0.325 e. The van der Waals surface area contributed by atoms with Crippen LogP contribution in [0.2, 0.25) is 0 Å². The zero-order valence-electron chi connectivity index (χ0n) is 6.62. The first-order chi connectivity index (χ1) is 5.70. The van der Waals surface area contributed by atoms with Crippen molar-refractivity contribution in [1.29, 1.82) is 0 Å². The summed E-state index contributed by atoms with van der Waals surface area (Å²) in [6.45, 7) is 1.62. The van der Waals surface area contributed by atoms with E-state index in [0.29, 0.717) is 5.69 Å². The van der Waals surface area contributed by atoms with E-state index in [1.807, 2.05) is 0 Å². The molecule has 64 valence electrons. The number of nitrogens with one attached hydrogen (secondary N) is 1. The number of carbonyl (C=O) groups is 1. The maximum Gasteiger partial charge on any atom is 0.242 e. The number of nitrogens with zero attached hydrogens (tertiary/aromatic N) is 1. The number of carbonyl (C=O) groups excluding carboxylic acids is 1. The predicted molar refractivity (Wildman–Crippen MR) is 48.2 cm³/mol. The van der Waals surface area contributed by atoms with Gasteiger partial charge < -0.3 is 5.32 Å². The van der Waals surface area contributed by atoms with Gasteiger partial charge in [0.2, 0.25) is 5.91 Å². The number of hydrogen-bond donors (Lipinski definition) is 1. The third-order valence-electron chi connectivity index (χ3n) is 1.31. The molecular formula is C8H9ClN2O. The van der Waals surface area contributed by atoms with Gasteiger partial charge in [-0.1, -0.05) is 0 Å². The van der Waals surface area contributed by atoms with Crippen LogP contribution in [-0.4, -0.2) is 16.3 Å². The van der Waals surface area contributed by atoms with Gasteiger partial charge in [0.1, 0.15) is 5.38 Å². The quantitative estimate of drug-likeness (QED) is 0.711. The molecule has 12 heavy (non-hydrogen) atoms. The van der Waals surface area contributed by atoms with Gasteiger partial charge >= 0.3 is 0 Å². The molecule has 0 saturated heterocycles. The first-order valence-corrected chi connectivity index (χ1v) is 3.99. The lowest BCUT2D eigenvalue weighted by Crippen LogP contribution is -2.20. The van der Waals surface area contributed by atoms with Crippen LogP contribution in [0.25, 0.3) is 0 Å². The molecule has 0 aliphatic carbocycles. The Labute approximate surface area is 75.8 Å². The Kier molecular flexibility index (Phi) is 3.05. The molecule has 1 atom stereocenters. The van der Waals surface area contributed by atoms with Crippen molar-refractivity contribution in [2.24, 2.45) is 0 Å². The smallest absolute Gasteiger partial charge is 0.242 e. The summed E-state index contributed by atoms with van der Waals surface area (Å²) in [4.78, 5) is 14.9. The van der Waals surface area contributed by atoms with Crippen LogP contribution in [0.1, 0.15) is 6.92 Å². The van der Waals surface area contributed by atoms with E-state index in [9.17, 15) is 4.79 Å². The normalized spacial score (nSPS) is 12.2. The van der Waals surface area contributed by atoms with E-state index in [1.54, 1.807) is 31.5 Å². The van der Waals surface area contributed by atoms with Crippen molar-refractivity contribution in [1.82, 2.24) is 4.98 Å². The molecule has 0 fully saturated rings. The lowest BCUT2D eigenvalue weighted by molar-refractivity contribution is -0.115. The fourth-order valence-electron chi connectivity index (χ4n) is 0.677. The van der Waals surface area contributed by atoms with E-state index >= 15 is 0 Å². The van der Waals surface area contributed by atoms with Gasteiger partial charge in [0.05, 0.1) is 0 Å². The number of alkyl halides is 1. The van der Waals surface area contributed by atoms with Crippen molar-refractivity contribution in [3.05, 3.63) is 24.5 Å². The monoisotopic (exact) mass is 184 g/mol.